The molecule has 104 valence electrons. The van der Waals surface area contributed by atoms with Crippen molar-refractivity contribution in [3.05, 3.63) is 42.1 Å². The van der Waals surface area contributed by atoms with Crippen molar-refractivity contribution in [1.82, 2.24) is 20.0 Å². The van der Waals surface area contributed by atoms with Crippen molar-refractivity contribution in [3.63, 3.8) is 0 Å². The Balaban J connectivity index is 1.85. The lowest BCUT2D eigenvalue weighted by Crippen LogP contribution is -2.47. The molecule has 2 heterocycles. The zero-order valence-corrected chi connectivity index (χ0v) is 11.5. The van der Waals surface area contributed by atoms with E-state index in [1.165, 1.54) is 0 Å². The van der Waals surface area contributed by atoms with Gasteiger partial charge in [0.1, 0.15) is 0 Å². The Labute approximate surface area is 118 Å². The van der Waals surface area contributed by atoms with Gasteiger partial charge in [0.25, 0.3) is 5.91 Å². The van der Waals surface area contributed by atoms with Gasteiger partial charge < -0.3 is 9.80 Å². The number of H-pyrrole nitrogens is 1. The molecule has 0 unspecified atom stereocenters. The minimum Gasteiger partial charge on any atom is -0.336 e. The molecule has 1 aromatic carbocycles. The Kier molecular flexibility index (Phi) is 3.52. The third-order valence-corrected chi connectivity index (χ3v) is 3.72. The number of carbonyl (C=O) groups is 1. The van der Waals surface area contributed by atoms with Gasteiger partial charge in [0, 0.05) is 31.7 Å². The second-order valence-electron chi connectivity index (χ2n) is 5.12. The van der Waals surface area contributed by atoms with Crippen LogP contribution < -0.4 is 0 Å². The average molecular weight is 270 g/mol. The van der Waals surface area contributed by atoms with Gasteiger partial charge in [-0.15, -0.1) is 0 Å². The molecule has 3 rings (SSSR count). The van der Waals surface area contributed by atoms with E-state index in [0.29, 0.717) is 5.56 Å². The number of hydrogen-bond acceptors (Lipinski definition) is 3. The first-order valence-electron chi connectivity index (χ1n) is 6.82. The lowest BCUT2D eigenvalue weighted by Gasteiger charge is -2.32. The van der Waals surface area contributed by atoms with Gasteiger partial charge in [0.2, 0.25) is 0 Å². The van der Waals surface area contributed by atoms with Crippen molar-refractivity contribution in [2.24, 2.45) is 0 Å². The monoisotopic (exact) mass is 270 g/mol. The quantitative estimate of drug-likeness (QED) is 0.899. The van der Waals surface area contributed by atoms with Crippen molar-refractivity contribution in [2.75, 3.05) is 33.2 Å². The number of aromatic nitrogens is 2. The van der Waals surface area contributed by atoms with E-state index in [9.17, 15) is 4.79 Å². The topological polar surface area (TPSA) is 52.2 Å². The highest BCUT2D eigenvalue weighted by atomic mass is 16.2. The van der Waals surface area contributed by atoms with Crippen LogP contribution in [-0.4, -0.2) is 59.1 Å². The number of piperazine rings is 1. The van der Waals surface area contributed by atoms with Crippen LogP contribution in [0.3, 0.4) is 0 Å². The largest absolute Gasteiger partial charge is 0.336 e. The molecule has 0 saturated carbocycles. The molecule has 1 saturated heterocycles. The van der Waals surface area contributed by atoms with E-state index in [-0.39, 0.29) is 5.91 Å². The minimum atomic E-state index is 0.0608. The summed E-state index contributed by atoms with van der Waals surface area (Å²) in [5, 5.41) is 6.99. The van der Waals surface area contributed by atoms with Crippen LogP contribution in [0, 0.1) is 0 Å². The second-order valence-corrected chi connectivity index (χ2v) is 5.12. The Morgan fingerprint density at radius 3 is 2.55 bits per heavy atom. The third-order valence-electron chi connectivity index (χ3n) is 3.72. The second kappa shape index (κ2) is 5.46. The predicted molar refractivity (Wildman–Crippen MR) is 77.4 cm³/mol. The summed E-state index contributed by atoms with van der Waals surface area (Å²) in [4.78, 5) is 16.7. The summed E-state index contributed by atoms with van der Waals surface area (Å²) < 4.78 is 0. The third kappa shape index (κ3) is 2.44. The van der Waals surface area contributed by atoms with Crippen LogP contribution in [0.25, 0.3) is 11.3 Å². The number of rotatable bonds is 2. The van der Waals surface area contributed by atoms with Crippen molar-refractivity contribution >= 4 is 5.91 Å². The fraction of sp³-hybridized carbons (Fsp3) is 0.333. The van der Waals surface area contributed by atoms with Crippen LogP contribution in [0.15, 0.2) is 36.5 Å². The van der Waals surface area contributed by atoms with Crippen molar-refractivity contribution < 1.29 is 4.79 Å². The van der Waals surface area contributed by atoms with Gasteiger partial charge in [0.05, 0.1) is 17.5 Å². The van der Waals surface area contributed by atoms with Crippen LogP contribution in [0.5, 0.6) is 0 Å². The summed E-state index contributed by atoms with van der Waals surface area (Å²) in [6, 6.07) is 9.84. The standard InChI is InChI=1S/C15H18N4O/c1-18-7-9-19(10-8-18)15(20)13-11-16-17-14(13)12-5-3-2-4-6-12/h2-6,11H,7-10H2,1H3,(H,16,17). The van der Waals surface area contributed by atoms with Crippen LogP contribution in [0.1, 0.15) is 10.4 Å². The van der Waals surface area contributed by atoms with Gasteiger partial charge in [-0.3, -0.25) is 9.89 Å². The maximum absolute atomic E-state index is 12.6. The maximum Gasteiger partial charge on any atom is 0.257 e. The molecule has 1 amide bonds. The fourth-order valence-electron chi connectivity index (χ4n) is 2.45. The van der Waals surface area contributed by atoms with Gasteiger partial charge in [-0.1, -0.05) is 30.3 Å². The molecule has 2 aromatic rings. The fourth-order valence-corrected chi connectivity index (χ4v) is 2.45. The van der Waals surface area contributed by atoms with Crippen molar-refractivity contribution in [3.8, 4) is 11.3 Å². The highest BCUT2D eigenvalue weighted by Gasteiger charge is 2.23. The Morgan fingerprint density at radius 2 is 1.85 bits per heavy atom. The van der Waals surface area contributed by atoms with Crippen LogP contribution in [-0.2, 0) is 0 Å². The summed E-state index contributed by atoms with van der Waals surface area (Å²) in [5.74, 6) is 0.0608. The lowest BCUT2D eigenvalue weighted by atomic mass is 10.1. The summed E-state index contributed by atoms with van der Waals surface area (Å²) in [6.45, 7) is 3.39. The first kappa shape index (κ1) is 12.9. The molecule has 0 spiro atoms. The van der Waals surface area contributed by atoms with E-state index >= 15 is 0 Å². The summed E-state index contributed by atoms with van der Waals surface area (Å²) in [6.07, 6.45) is 1.63. The maximum atomic E-state index is 12.6. The highest BCUT2D eigenvalue weighted by molar-refractivity contribution is 5.99. The first-order valence-corrected chi connectivity index (χ1v) is 6.82. The van der Waals surface area contributed by atoms with Crippen LogP contribution in [0.2, 0.25) is 0 Å². The number of hydrogen-bond donors (Lipinski definition) is 1. The molecular weight excluding hydrogens is 252 g/mol. The van der Waals surface area contributed by atoms with Gasteiger partial charge in [0.15, 0.2) is 0 Å². The number of nitrogens with one attached hydrogen (secondary N) is 1. The smallest absolute Gasteiger partial charge is 0.257 e. The molecule has 1 aliphatic rings. The van der Waals surface area contributed by atoms with E-state index in [1.807, 2.05) is 35.2 Å². The first-order chi connectivity index (χ1) is 9.75. The van der Waals surface area contributed by atoms with Crippen LogP contribution >= 0.6 is 0 Å². The lowest BCUT2D eigenvalue weighted by molar-refractivity contribution is 0.0665. The zero-order valence-electron chi connectivity index (χ0n) is 11.5. The Hall–Kier alpha value is -2.14. The SMILES string of the molecule is CN1CCN(C(=O)c2cn[nH]c2-c2ccccc2)CC1. The normalized spacial score (nSPS) is 16.4. The molecule has 5 heteroatoms. The van der Waals surface area contributed by atoms with E-state index < -0.39 is 0 Å². The zero-order chi connectivity index (χ0) is 13.9. The number of aromatic amines is 1. The van der Waals surface area contributed by atoms with Gasteiger partial charge in [-0.2, -0.15) is 5.10 Å². The predicted octanol–water partition coefficient (Wildman–Crippen LogP) is 1.46. The number of benzene rings is 1. The van der Waals surface area contributed by atoms with E-state index in [0.717, 1.165) is 37.4 Å². The molecule has 1 N–H and O–H groups in total. The van der Waals surface area contributed by atoms with Crippen LogP contribution in [0.4, 0.5) is 0 Å². The molecule has 20 heavy (non-hydrogen) atoms. The van der Waals surface area contributed by atoms with Gasteiger partial charge in [-0.25, -0.2) is 0 Å². The molecule has 0 bridgehead atoms. The Morgan fingerprint density at radius 1 is 1.15 bits per heavy atom. The van der Waals surface area contributed by atoms with E-state index in [2.05, 4.69) is 22.1 Å². The molecular formula is C15H18N4O. The molecule has 0 atom stereocenters. The van der Waals surface area contributed by atoms with Gasteiger partial charge in [-0.05, 0) is 7.05 Å². The number of nitrogens with zero attached hydrogens (tertiary/aromatic N) is 3. The summed E-state index contributed by atoms with van der Waals surface area (Å²) >= 11 is 0. The number of amides is 1. The Bertz CT molecular complexity index is 585. The minimum absolute atomic E-state index is 0.0608. The van der Waals surface area contributed by atoms with Gasteiger partial charge >= 0.3 is 0 Å². The average Bonchev–Trinajstić information content (AvgIpc) is 2.97. The highest BCUT2D eigenvalue weighted by Crippen LogP contribution is 2.22. The molecule has 0 aliphatic carbocycles. The van der Waals surface area contributed by atoms with Crippen molar-refractivity contribution in [2.45, 2.75) is 0 Å². The molecule has 1 fully saturated rings. The molecule has 0 radical (unpaired) electrons. The summed E-state index contributed by atoms with van der Waals surface area (Å²) in [5.41, 5.74) is 2.44. The molecule has 1 aliphatic heterocycles. The summed E-state index contributed by atoms with van der Waals surface area (Å²) in [7, 11) is 2.08. The molecule has 1 aromatic heterocycles. The van der Waals surface area contributed by atoms with E-state index in [1.54, 1.807) is 6.20 Å². The number of likely N-dealkylation sites (N-methyl/N-ethyl adjacent to an activating group) is 1. The van der Waals surface area contributed by atoms with Crippen molar-refractivity contribution in [1.29, 1.82) is 0 Å². The van der Waals surface area contributed by atoms with E-state index in [4.69, 9.17) is 0 Å². The number of carbonyl (C=O) groups excluding carboxylic acids is 1. The molecule has 5 nitrogen and oxygen atoms in total.